The largest absolute Gasteiger partial charge is 0.343 e. The maximum Gasteiger partial charge on any atom is 0.245 e. The zero-order valence-electron chi connectivity index (χ0n) is 17.0. The first kappa shape index (κ1) is 19.7. The molecule has 3 aromatic rings. The van der Waals surface area contributed by atoms with Gasteiger partial charge in [-0.05, 0) is 54.3 Å². The molecule has 5 nitrogen and oxygen atoms in total. The third-order valence-corrected chi connectivity index (χ3v) is 6.67. The summed E-state index contributed by atoms with van der Waals surface area (Å²) in [5, 5.41) is 6.23. The highest BCUT2D eigenvalue weighted by Gasteiger charge is 2.28. The Hall–Kier alpha value is -2.60. The number of nitrogens with zero attached hydrogens (tertiary/aromatic N) is 2. The van der Waals surface area contributed by atoms with Crippen LogP contribution in [-0.4, -0.2) is 33.9 Å². The van der Waals surface area contributed by atoms with E-state index in [1.54, 1.807) is 11.3 Å². The van der Waals surface area contributed by atoms with Crippen molar-refractivity contribution in [3.8, 4) is 0 Å². The molecule has 0 radical (unpaired) electrons. The van der Waals surface area contributed by atoms with Gasteiger partial charge in [0, 0.05) is 29.2 Å². The zero-order valence-corrected chi connectivity index (χ0v) is 17.8. The van der Waals surface area contributed by atoms with Gasteiger partial charge in [0.25, 0.3) is 0 Å². The van der Waals surface area contributed by atoms with Crippen LogP contribution in [0, 0.1) is 6.92 Å². The van der Waals surface area contributed by atoms with Crippen molar-refractivity contribution >= 4 is 34.1 Å². The molecule has 0 fully saturated rings. The third-order valence-electron chi connectivity index (χ3n) is 5.65. The molecule has 2 amide bonds. The molecule has 1 atom stereocenters. The van der Waals surface area contributed by atoms with Gasteiger partial charge in [-0.3, -0.25) is 9.59 Å². The first-order valence-electron chi connectivity index (χ1n) is 10.2. The Kier molecular flexibility index (Phi) is 5.72. The lowest BCUT2D eigenvalue weighted by atomic mass is 10.1. The fraction of sp³-hybridized carbons (Fsp3) is 0.391. The first-order chi connectivity index (χ1) is 14.1. The van der Waals surface area contributed by atoms with E-state index in [4.69, 9.17) is 0 Å². The fourth-order valence-electron chi connectivity index (χ4n) is 4.14. The molecule has 3 heterocycles. The second-order valence-corrected chi connectivity index (χ2v) is 8.72. The van der Waals surface area contributed by atoms with E-state index in [9.17, 15) is 9.59 Å². The van der Waals surface area contributed by atoms with Gasteiger partial charge in [-0.25, -0.2) is 0 Å². The molecule has 0 saturated carbocycles. The Morgan fingerprint density at radius 2 is 2.07 bits per heavy atom. The van der Waals surface area contributed by atoms with Crippen LogP contribution in [0.1, 0.15) is 35.9 Å². The Morgan fingerprint density at radius 3 is 2.90 bits per heavy atom. The smallest absolute Gasteiger partial charge is 0.245 e. The van der Waals surface area contributed by atoms with Crippen molar-refractivity contribution in [3.05, 3.63) is 57.9 Å². The predicted molar refractivity (Wildman–Crippen MR) is 117 cm³/mol. The number of thiophene rings is 1. The molecule has 0 aliphatic carbocycles. The van der Waals surface area contributed by atoms with Crippen LogP contribution in [0.25, 0.3) is 10.9 Å². The van der Waals surface area contributed by atoms with E-state index in [-0.39, 0.29) is 18.4 Å². The van der Waals surface area contributed by atoms with E-state index in [1.807, 2.05) is 41.5 Å². The summed E-state index contributed by atoms with van der Waals surface area (Å²) in [6, 6.07) is 11.8. The lowest BCUT2D eigenvalue weighted by Crippen LogP contribution is -2.50. The standard InChI is InChI=1S/C23H27N3O2S/c1-3-6-19(23(28)25-11-9-21-18(14-25)10-12-29-21)24-22(27)15-26-16(2)13-17-7-4-5-8-20(17)26/h4-5,7-8,10,12-13,19H,3,6,9,11,14-15H2,1-2H3,(H,24,27). The number of aryl methyl sites for hydroxylation is 1. The minimum atomic E-state index is -0.463. The molecule has 1 aliphatic rings. The second-order valence-electron chi connectivity index (χ2n) is 7.72. The molecule has 2 aromatic heterocycles. The summed E-state index contributed by atoms with van der Waals surface area (Å²) in [5.41, 5.74) is 3.32. The fourth-order valence-corrected chi connectivity index (χ4v) is 5.03. The van der Waals surface area contributed by atoms with Gasteiger partial charge in [0.1, 0.15) is 12.6 Å². The second kappa shape index (κ2) is 8.41. The molecule has 4 rings (SSSR count). The Bertz CT molecular complexity index is 1040. The highest BCUT2D eigenvalue weighted by atomic mass is 32.1. The summed E-state index contributed by atoms with van der Waals surface area (Å²) < 4.78 is 2.01. The van der Waals surface area contributed by atoms with Gasteiger partial charge in [0.15, 0.2) is 0 Å². The minimum Gasteiger partial charge on any atom is -0.343 e. The third kappa shape index (κ3) is 4.08. The summed E-state index contributed by atoms with van der Waals surface area (Å²) in [4.78, 5) is 29.2. The van der Waals surface area contributed by atoms with Crippen LogP contribution in [0.4, 0.5) is 0 Å². The first-order valence-corrected chi connectivity index (χ1v) is 11.1. The van der Waals surface area contributed by atoms with Crippen molar-refractivity contribution in [1.82, 2.24) is 14.8 Å². The lowest BCUT2D eigenvalue weighted by Gasteiger charge is -2.31. The summed E-state index contributed by atoms with van der Waals surface area (Å²) in [7, 11) is 0. The zero-order chi connectivity index (χ0) is 20.4. The maximum absolute atomic E-state index is 13.1. The van der Waals surface area contributed by atoms with Gasteiger partial charge in [-0.2, -0.15) is 0 Å². The van der Waals surface area contributed by atoms with E-state index in [0.29, 0.717) is 13.0 Å². The molecule has 0 spiro atoms. The Balaban J connectivity index is 1.45. The average Bonchev–Trinajstić information content (AvgIpc) is 3.31. The molecule has 0 bridgehead atoms. The summed E-state index contributed by atoms with van der Waals surface area (Å²) in [6.45, 7) is 5.65. The van der Waals surface area contributed by atoms with Crippen molar-refractivity contribution in [1.29, 1.82) is 0 Å². The average molecular weight is 410 g/mol. The quantitative estimate of drug-likeness (QED) is 0.672. The van der Waals surface area contributed by atoms with E-state index >= 15 is 0 Å². The van der Waals surface area contributed by atoms with Crippen molar-refractivity contribution in [2.45, 2.75) is 52.2 Å². The predicted octanol–water partition coefficient (Wildman–Crippen LogP) is 3.88. The number of hydrogen-bond acceptors (Lipinski definition) is 3. The molecule has 152 valence electrons. The van der Waals surface area contributed by atoms with E-state index in [0.717, 1.165) is 36.0 Å². The van der Waals surface area contributed by atoms with Gasteiger partial charge < -0.3 is 14.8 Å². The van der Waals surface area contributed by atoms with Gasteiger partial charge in [-0.1, -0.05) is 31.5 Å². The monoisotopic (exact) mass is 409 g/mol. The molecule has 0 saturated heterocycles. The van der Waals surface area contributed by atoms with Crippen molar-refractivity contribution < 1.29 is 9.59 Å². The van der Waals surface area contributed by atoms with Crippen LogP contribution < -0.4 is 5.32 Å². The van der Waals surface area contributed by atoms with Crippen molar-refractivity contribution in [3.63, 3.8) is 0 Å². The molecule has 1 unspecified atom stereocenters. The highest BCUT2D eigenvalue weighted by molar-refractivity contribution is 7.10. The molecule has 6 heteroatoms. The van der Waals surface area contributed by atoms with Crippen LogP contribution in [-0.2, 0) is 29.1 Å². The van der Waals surface area contributed by atoms with Crippen LogP contribution >= 0.6 is 11.3 Å². The van der Waals surface area contributed by atoms with Crippen LogP contribution in [0.5, 0.6) is 0 Å². The topological polar surface area (TPSA) is 54.3 Å². The SMILES string of the molecule is CCCC(NC(=O)Cn1c(C)cc2ccccc21)C(=O)N1CCc2sccc2C1. The van der Waals surface area contributed by atoms with E-state index in [2.05, 4.69) is 28.9 Å². The number of para-hydroxylation sites is 1. The van der Waals surface area contributed by atoms with Gasteiger partial charge >= 0.3 is 0 Å². The molecule has 29 heavy (non-hydrogen) atoms. The molecule has 1 N–H and O–H groups in total. The minimum absolute atomic E-state index is 0.0335. The van der Waals surface area contributed by atoms with Crippen molar-refractivity contribution in [2.24, 2.45) is 0 Å². The maximum atomic E-state index is 13.1. The number of aromatic nitrogens is 1. The van der Waals surface area contributed by atoms with Crippen LogP contribution in [0.2, 0.25) is 0 Å². The number of hydrogen-bond donors (Lipinski definition) is 1. The summed E-state index contributed by atoms with van der Waals surface area (Å²) in [6.07, 6.45) is 2.41. The Morgan fingerprint density at radius 1 is 1.24 bits per heavy atom. The molecule has 1 aliphatic heterocycles. The number of benzene rings is 1. The normalized spacial score (nSPS) is 14.6. The van der Waals surface area contributed by atoms with Gasteiger partial charge in [0.05, 0.1) is 0 Å². The molecular weight excluding hydrogens is 382 g/mol. The number of carbonyl (C=O) groups excluding carboxylic acids is 2. The molecule has 1 aromatic carbocycles. The van der Waals surface area contributed by atoms with Crippen LogP contribution in [0.15, 0.2) is 41.8 Å². The Labute approximate surface area is 175 Å². The summed E-state index contributed by atoms with van der Waals surface area (Å²) in [5.74, 6) is -0.0828. The van der Waals surface area contributed by atoms with E-state index < -0.39 is 6.04 Å². The van der Waals surface area contributed by atoms with E-state index in [1.165, 1.54) is 10.4 Å². The number of fused-ring (bicyclic) bond motifs is 2. The number of carbonyl (C=O) groups is 2. The lowest BCUT2D eigenvalue weighted by molar-refractivity contribution is -0.137. The van der Waals surface area contributed by atoms with Crippen LogP contribution in [0.3, 0.4) is 0 Å². The van der Waals surface area contributed by atoms with Crippen molar-refractivity contribution in [2.75, 3.05) is 6.54 Å². The van der Waals surface area contributed by atoms with Gasteiger partial charge in [-0.15, -0.1) is 11.3 Å². The highest BCUT2D eigenvalue weighted by Crippen LogP contribution is 2.25. The van der Waals surface area contributed by atoms with Gasteiger partial charge in [0.2, 0.25) is 11.8 Å². The number of nitrogens with one attached hydrogen (secondary N) is 1. The number of rotatable bonds is 6. The summed E-state index contributed by atoms with van der Waals surface area (Å²) >= 11 is 1.76. The molecular formula is C23H27N3O2S. The number of amides is 2.